The van der Waals surface area contributed by atoms with Gasteiger partial charge in [-0.25, -0.2) is 4.79 Å². The van der Waals surface area contributed by atoms with Crippen LogP contribution in [0.4, 0.5) is 4.79 Å². The Kier molecular flexibility index (Phi) is 4.04. The van der Waals surface area contributed by atoms with Crippen LogP contribution < -0.4 is 0 Å². The van der Waals surface area contributed by atoms with Gasteiger partial charge in [-0.2, -0.15) is 0 Å². The van der Waals surface area contributed by atoms with E-state index in [4.69, 9.17) is 9.47 Å². The highest BCUT2D eigenvalue weighted by Gasteiger charge is 2.52. The quantitative estimate of drug-likeness (QED) is 0.763. The second kappa shape index (κ2) is 5.63. The van der Waals surface area contributed by atoms with Crippen molar-refractivity contribution < 1.29 is 24.2 Å². The molecule has 2 saturated heterocycles. The normalized spacial score (nSPS) is 29.7. The summed E-state index contributed by atoms with van der Waals surface area (Å²) < 4.78 is 11.3. The number of likely N-dealkylation sites (tertiary alicyclic amines) is 1. The maximum atomic E-state index is 12.2. The van der Waals surface area contributed by atoms with Gasteiger partial charge in [-0.05, 0) is 33.6 Å². The number of rotatable bonds is 1. The molecule has 1 aliphatic carbocycles. The van der Waals surface area contributed by atoms with Gasteiger partial charge in [0, 0.05) is 12.5 Å². The van der Waals surface area contributed by atoms with Crippen molar-refractivity contribution in [3.63, 3.8) is 0 Å². The Morgan fingerprint density at radius 1 is 1.17 bits per heavy atom. The lowest BCUT2D eigenvalue weighted by Crippen LogP contribution is -2.72. The van der Waals surface area contributed by atoms with Crippen LogP contribution in [0.15, 0.2) is 0 Å². The summed E-state index contributed by atoms with van der Waals surface area (Å²) in [7, 11) is 0. The van der Waals surface area contributed by atoms with E-state index in [2.05, 4.69) is 0 Å². The maximum Gasteiger partial charge on any atom is 0.410 e. The minimum atomic E-state index is -0.519. The van der Waals surface area contributed by atoms with Gasteiger partial charge in [0.1, 0.15) is 11.2 Å². The molecular formula is C16H26N2O5. The van der Waals surface area contributed by atoms with Crippen LogP contribution in [0.2, 0.25) is 0 Å². The number of aliphatic hydroxyl groups is 1. The van der Waals surface area contributed by atoms with Gasteiger partial charge in [0.05, 0.1) is 32.3 Å². The van der Waals surface area contributed by atoms with Crippen molar-refractivity contribution in [1.82, 2.24) is 9.80 Å². The molecule has 0 radical (unpaired) electrons. The zero-order chi connectivity index (χ0) is 16.8. The molecular weight excluding hydrogens is 300 g/mol. The minimum absolute atomic E-state index is 0.0482. The Bertz CT molecular complexity index is 489. The summed E-state index contributed by atoms with van der Waals surface area (Å²) in [6.45, 7) is 7.99. The number of ether oxygens (including phenoxy) is 2. The van der Waals surface area contributed by atoms with Gasteiger partial charge in [-0.15, -0.1) is 0 Å². The average molecular weight is 326 g/mol. The van der Waals surface area contributed by atoms with E-state index in [-0.39, 0.29) is 24.0 Å². The van der Waals surface area contributed by atoms with Crippen molar-refractivity contribution in [3.8, 4) is 0 Å². The van der Waals surface area contributed by atoms with Gasteiger partial charge in [0.15, 0.2) is 0 Å². The lowest BCUT2D eigenvalue weighted by Gasteiger charge is -2.54. The molecule has 23 heavy (non-hydrogen) atoms. The predicted molar refractivity (Wildman–Crippen MR) is 81.8 cm³/mol. The van der Waals surface area contributed by atoms with Crippen LogP contribution in [-0.4, -0.2) is 77.0 Å². The van der Waals surface area contributed by atoms with Gasteiger partial charge in [0.2, 0.25) is 5.91 Å². The number of carbonyl (C=O) groups is 2. The summed E-state index contributed by atoms with van der Waals surface area (Å²) in [5, 5.41) is 9.32. The molecule has 130 valence electrons. The minimum Gasteiger partial charge on any atom is -0.444 e. The molecule has 0 aromatic carbocycles. The third kappa shape index (κ3) is 3.45. The van der Waals surface area contributed by atoms with Gasteiger partial charge >= 0.3 is 6.09 Å². The summed E-state index contributed by atoms with van der Waals surface area (Å²) in [6, 6.07) is 0. The maximum absolute atomic E-state index is 12.2. The van der Waals surface area contributed by atoms with E-state index in [0.717, 1.165) is 0 Å². The van der Waals surface area contributed by atoms with Crippen molar-refractivity contribution in [2.24, 2.45) is 5.92 Å². The Labute approximate surface area is 136 Å². The fourth-order valence-electron chi connectivity index (χ4n) is 3.37. The number of amides is 2. The molecule has 2 heterocycles. The SMILES string of the molecule is CC(C)(C)OC(=O)N1CCOC2(C1)CN(C(=O)C1CC(O)C1)C2. The number of hydrogen-bond donors (Lipinski definition) is 1. The Balaban J connectivity index is 1.52. The molecule has 1 spiro atoms. The van der Waals surface area contributed by atoms with E-state index in [9.17, 15) is 14.7 Å². The van der Waals surface area contributed by atoms with Gasteiger partial charge < -0.3 is 24.4 Å². The molecule has 0 aromatic rings. The van der Waals surface area contributed by atoms with Gasteiger partial charge in [-0.3, -0.25) is 4.79 Å². The van der Waals surface area contributed by atoms with Crippen molar-refractivity contribution >= 4 is 12.0 Å². The van der Waals surface area contributed by atoms with Gasteiger partial charge in [0.25, 0.3) is 0 Å². The fraction of sp³-hybridized carbons (Fsp3) is 0.875. The number of morpholine rings is 1. The van der Waals surface area contributed by atoms with Crippen LogP contribution in [0, 0.1) is 5.92 Å². The van der Waals surface area contributed by atoms with Crippen molar-refractivity contribution in [2.75, 3.05) is 32.8 Å². The number of hydrogen-bond acceptors (Lipinski definition) is 5. The Hall–Kier alpha value is -1.34. The second-order valence-electron chi connectivity index (χ2n) is 7.95. The number of aliphatic hydroxyl groups excluding tert-OH is 1. The van der Waals surface area contributed by atoms with E-state index >= 15 is 0 Å². The summed E-state index contributed by atoms with van der Waals surface area (Å²) in [6.07, 6.45) is 0.473. The lowest BCUT2D eigenvalue weighted by atomic mass is 9.79. The number of nitrogens with zero attached hydrogens (tertiary/aromatic N) is 2. The Morgan fingerprint density at radius 2 is 1.78 bits per heavy atom. The highest BCUT2D eigenvalue weighted by Crippen LogP contribution is 2.35. The van der Waals surface area contributed by atoms with Crippen molar-refractivity contribution in [2.45, 2.75) is 50.9 Å². The summed E-state index contributed by atoms with van der Waals surface area (Å²) in [5.41, 5.74) is -0.970. The largest absolute Gasteiger partial charge is 0.444 e. The third-order valence-corrected chi connectivity index (χ3v) is 4.63. The van der Waals surface area contributed by atoms with Crippen LogP contribution in [-0.2, 0) is 14.3 Å². The first kappa shape index (κ1) is 16.5. The summed E-state index contributed by atoms with van der Waals surface area (Å²) in [4.78, 5) is 27.9. The van der Waals surface area contributed by atoms with Crippen LogP contribution in [0.25, 0.3) is 0 Å². The lowest BCUT2D eigenvalue weighted by molar-refractivity contribution is -0.194. The monoisotopic (exact) mass is 326 g/mol. The molecule has 3 fully saturated rings. The highest BCUT2D eigenvalue weighted by molar-refractivity contribution is 5.81. The molecule has 7 heteroatoms. The van der Waals surface area contributed by atoms with E-state index in [1.165, 1.54) is 0 Å². The van der Waals surface area contributed by atoms with E-state index in [1.807, 2.05) is 20.8 Å². The van der Waals surface area contributed by atoms with Crippen molar-refractivity contribution in [3.05, 3.63) is 0 Å². The Morgan fingerprint density at radius 3 is 2.35 bits per heavy atom. The molecule has 7 nitrogen and oxygen atoms in total. The molecule has 2 amide bonds. The zero-order valence-corrected chi connectivity index (χ0v) is 14.1. The summed E-state index contributed by atoms with van der Waals surface area (Å²) in [5.74, 6) is 0.0480. The predicted octanol–water partition coefficient (Wildman–Crippen LogP) is 0.606. The average Bonchev–Trinajstić information content (AvgIpc) is 2.39. The standard InChI is InChI=1S/C16H26N2O5/c1-15(2,3)23-14(21)17-4-5-22-16(8-17)9-18(10-16)13(20)11-6-12(19)7-11/h11-12,19H,4-10H2,1-3H3. The number of carbonyl (C=O) groups excluding carboxylic acids is 2. The van der Waals surface area contributed by atoms with E-state index in [0.29, 0.717) is 45.6 Å². The first-order chi connectivity index (χ1) is 10.7. The molecule has 1 saturated carbocycles. The summed E-state index contributed by atoms with van der Waals surface area (Å²) >= 11 is 0. The molecule has 0 bridgehead atoms. The topological polar surface area (TPSA) is 79.3 Å². The molecule has 1 N–H and O–H groups in total. The van der Waals surface area contributed by atoms with Crippen LogP contribution >= 0.6 is 0 Å². The van der Waals surface area contributed by atoms with Crippen LogP contribution in [0.1, 0.15) is 33.6 Å². The second-order valence-corrected chi connectivity index (χ2v) is 7.95. The molecule has 0 atom stereocenters. The fourth-order valence-corrected chi connectivity index (χ4v) is 3.37. The van der Waals surface area contributed by atoms with Crippen molar-refractivity contribution in [1.29, 1.82) is 0 Å². The zero-order valence-electron chi connectivity index (χ0n) is 14.1. The molecule has 3 aliphatic rings. The first-order valence-corrected chi connectivity index (χ1v) is 8.26. The third-order valence-electron chi connectivity index (χ3n) is 4.63. The molecule has 3 rings (SSSR count). The van der Waals surface area contributed by atoms with E-state index in [1.54, 1.807) is 9.80 Å². The van der Waals surface area contributed by atoms with Gasteiger partial charge in [-0.1, -0.05) is 0 Å². The molecule has 0 unspecified atom stereocenters. The van der Waals surface area contributed by atoms with E-state index < -0.39 is 11.2 Å². The smallest absolute Gasteiger partial charge is 0.410 e. The highest BCUT2D eigenvalue weighted by atomic mass is 16.6. The molecule has 2 aliphatic heterocycles. The molecule has 0 aromatic heterocycles. The van der Waals surface area contributed by atoms with Crippen LogP contribution in [0.3, 0.4) is 0 Å². The first-order valence-electron chi connectivity index (χ1n) is 8.26. The van der Waals surface area contributed by atoms with Crippen LogP contribution in [0.5, 0.6) is 0 Å².